The smallest absolute Gasteiger partial charge is 0.0900 e. The molecule has 3 nitrogen and oxygen atoms in total. The van der Waals surface area contributed by atoms with Crippen LogP contribution in [0.4, 0.5) is 0 Å². The zero-order valence-electron chi connectivity index (χ0n) is 18.3. The Hall–Kier alpha value is -3.15. The van der Waals surface area contributed by atoms with Crippen LogP contribution in [0.25, 0.3) is 45.0 Å². The monoisotopic (exact) mass is 569 g/mol. The highest BCUT2D eigenvalue weighted by Gasteiger charge is 2.12. The van der Waals surface area contributed by atoms with Crippen molar-refractivity contribution in [2.75, 3.05) is 0 Å². The van der Waals surface area contributed by atoms with E-state index < -0.39 is 0 Å². The molecule has 0 N–H and O–H groups in total. The van der Waals surface area contributed by atoms with E-state index in [2.05, 4.69) is 92.5 Å². The van der Waals surface area contributed by atoms with Gasteiger partial charge in [0.1, 0.15) is 0 Å². The second-order valence-electron chi connectivity index (χ2n) is 7.87. The van der Waals surface area contributed by atoms with Gasteiger partial charge in [0.15, 0.2) is 0 Å². The van der Waals surface area contributed by atoms with Gasteiger partial charge in [-0.05, 0) is 58.7 Å². The van der Waals surface area contributed by atoms with Crippen LogP contribution in [-0.2, 0) is 10.7 Å². The number of aromatic nitrogens is 3. The average molecular weight is 571 g/mol. The SMILES string of the molecule is BrCc1cccc(-c2cc(-c3ccc(-c4ccccc4)cc3)cc(-c3cccc(CBr)n3)n2)n1. The van der Waals surface area contributed by atoms with Crippen LogP contribution in [0.2, 0.25) is 0 Å². The van der Waals surface area contributed by atoms with E-state index in [-0.39, 0.29) is 0 Å². The van der Waals surface area contributed by atoms with Crippen LogP contribution in [0.1, 0.15) is 11.4 Å². The topological polar surface area (TPSA) is 38.7 Å². The van der Waals surface area contributed by atoms with E-state index >= 15 is 0 Å². The normalized spacial score (nSPS) is 10.9. The summed E-state index contributed by atoms with van der Waals surface area (Å²) in [5.74, 6) is 0. The maximum Gasteiger partial charge on any atom is 0.0900 e. The van der Waals surface area contributed by atoms with Gasteiger partial charge in [-0.3, -0.25) is 9.97 Å². The van der Waals surface area contributed by atoms with Gasteiger partial charge in [-0.2, -0.15) is 0 Å². The molecule has 166 valence electrons. The zero-order valence-corrected chi connectivity index (χ0v) is 21.5. The van der Waals surface area contributed by atoms with E-state index in [1.165, 1.54) is 11.1 Å². The summed E-state index contributed by atoms with van der Waals surface area (Å²) >= 11 is 7.02. The number of halogens is 2. The van der Waals surface area contributed by atoms with Gasteiger partial charge >= 0.3 is 0 Å². The van der Waals surface area contributed by atoms with Gasteiger partial charge in [-0.15, -0.1) is 0 Å². The molecule has 0 bridgehead atoms. The highest BCUT2D eigenvalue weighted by Crippen LogP contribution is 2.31. The number of rotatable bonds is 6. The van der Waals surface area contributed by atoms with Crippen molar-refractivity contribution < 1.29 is 0 Å². The number of pyridine rings is 3. The average Bonchev–Trinajstić information content (AvgIpc) is 2.93. The Morgan fingerprint density at radius 3 is 1.38 bits per heavy atom. The van der Waals surface area contributed by atoms with Crippen LogP contribution >= 0.6 is 31.9 Å². The zero-order chi connectivity index (χ0) is 23.3. The molecule has 0 radical (unpaired) electrons. The van der Waals surface area contributed by atoms with Crippen LogP contribution < -0.4 is 0 Å². The Morgan fingerprint density at radius 2 is 0.882 bits per heavy atom. The maximum atomic E-state index is 4.96. The fraction of sp³-hybridized carbons (Fsp3) is 0.0690. The van der Waals surface area contributed by atoms with Gasteiger partial charge in [-0.25, -0.2) is 4.98 Å². The fourth-order valence-electron chi connectivity index (χ4n) is 3.84. The van der Waals surface area contributed by atoms with E-state index in [0.29, 0.717) is 10.7 Å². The molecular weight excluding hydrogens is 550 g/mol. The molecule has 5 heteroatoms. The molecule has 0 atom stereocenters. The lowest BCUT2D eigenvalue weighted by molar-refractivity contribution is 1.14. The van der Waals surface area contributed by atoms with Gasteiger partial charge in [0.2, 0.25) is 0 Å². The minimum absolute atomic E-state index is 0.698. The Bertz CT molecular complexity index is 1350. The summed E-state index contributed by atoms with van der Waals surface area (Å²) in [4.78, 5) is 14.5. The molecule has 0 aliphatic rings. The van der Waals surface area contributed by atoms with Crippen molar-refractivity contribution in [1.29, 1.82) is 0 Å². The van der Waals surface area contributed by atoms with Gasteiger partial charge in [0.05, 0.1) is 34.2 Å². The van der Waals surface area contributed by atoms with Crippen molar-refractivity contribution in [3.05, 3.63) is 115 Å². The Morgan fingerprint density at radius 1 is 0.412 bits per heavy atom. The number of nitrogens with zero attached hydrogens (tertiary/aromatic N) is 3. The standard InChI is InChI=1S/C29H21Br2N3/c30-18-24-8-4-10-26(32-24)28-16-23(17-29(34-28)27-11-5-9-25(19-31)33-27)22-14-12-21(13-15-22)20-6-2-1-3-7-20/h1-17H,18-19H2. The summed E-state index contributed by atoms with van der Waals surface area (Å²) in [6.45, 7) is 0. The molecule has 0 saturated heterocycles. The van der Waals surface area contributed by atoms with Crippen molar-refractivity contribution >= 4 is 31.9 Å². The molecule has 0 fully saturated rings. The highest BCUT2D eigenvalue weighted by molar-refractivity contribution is 9.08. The van der Waals surface area contributed by atoms with E-state index in [1.54, 1.807) is 0 Å². The molecule has 5 aromatic rings. The maximum absolute atomic E-state index is 4.96. The predicted octanol–water partition coefficient (Wildman–Crippen LogP) is 8.33. The molecule has 5 rings (SSSR count). The lowest BCUT2D eigenvalue weighted by Crippen LogP contribution is -1.96. The van der Waals surface area contributed by atoms with E-state index in [1.807, 2.05) is 42.5 Å². The number of benzene rings is 2. The lowest BCUT2D eigenvalue weighted by Gasteiger charge is -2.11. The molecule has 0 spiro atoms. The highest BCUT2D eigenvalue weighted by atomic mass is 79.9. The van der Waals surface area contributed by atoms with Crippen LogP contribution in [0.3, 0.4) is 0 Å². The number of hydrogen-bond donors (Lipinski definition) is 0. The van der Waals surface area contributed by atoms with Crippen LogP contribution in [-0.4, -0.2) is 15.0 Å². The molecule has 0 aliphatic heterocycles. The van der Waals surface area contributed by atoms with Gasteiger partial charge < -0.3 is 0 Å². The summed E-state index contributed by atoms with van der Waals surface area (Å²) in [5, 5.41) is 1.40. The third-order valence-corrected chi connectivity index (χ3v) is 6.71. The van der Waals surface area contributed by atoms with Crippen molar-refractivity contribution in [2.45, 2.75) is 10.7 Å². The van der Waals surface area contributed by atoms with Gasteiger partial charge in [0, 0.05) is 10.7 Å². The lowest BCUT2D eigenvalue weighted by atomic mass is 9.99. The number of hydrogen-bond acceptors (Lipinski definition) is 3. The first kappa shape index (κ1) is 22.6. The second kappa shape index (κ2) is 10.4. The first-order valence-corrected chi connectivity index (χ1v) is 13.2. The van der Waals surface area contributed by atoms with Crippen LogP contribution in [0.15, 0.2) is 103 Å². The van der Waals surface area contributed by atoms with Crippen molar-refractivity contribution in [3.8, 4) is 45.0 Å². The minimum Gasteiger partial charge on any atom is -0.250 e. The molecule has 2 aromatic carbocycles. The quantitative estimate of drug-likeness (QED) is 0.193. The van der Waals surface area contributed by atoms with E-state index in [9.17, 15) is 0 Å². The van der Waals surface area contributed by atoms with Crippen LogP contribution in [0, 0.1) is 0 Å². The summed E-state index contributed by atoms with van der Waals surface area (Å²) in [6.07, 6.45) is 0. The fourth-order valence-corrected chi connectivity index (χ4v) is 4.46. The summed E-state index contributed by atoms with van der Waals surface area (Å²) in [6, 6.07) is 35.3. The molecule has 3 aromatic heterocycles. The first-order chi connectivity index (χ1) is 16.7. The molecule has 0 saturated carbocycles. The summed E-state index contributed by atoms with van der Waals surface area (Å²) in [7, 11) is 0. The second-order valence-corrected chi connectivity index (χ2v) is 8.99. The first-order valence-electron chi connectivity index (χ1n) is 11.0. The van der Waals surface area contributed by atoms with Crippen molar-refractivity contribution in [1.82, 2.24) is 15.0 Å². The Balaban J connectivity index is 1.62. The third kappa shape index (κ3) is 5.01. The Kier molecular flexibility index (Phi) is 6.93. The van der Waals surface area contributed by atoms with Crippen LogP contribution in [0.5, 0.6) is 0 Å². The predicted molar refractivity (Wildman–Crippen MR) is 147 cm³/mol. The van der Waals surface area contributed by atoms with Crippen molar-refractivity contribution in [2.24, 2.45) is 0 Å². The van der Waals surface area contributed by atoms with E-state index in [0.717, 1.165) is 45.3 Å². The molecule has 0 unspecified atom stereocenters. The largest absolute Gasteiger partial charge is 0.250 e. The Labute approximate surface area is 216 Å². The van der Waals surface area contributed by atoms with E-state index in [4.69, 9.17) is 15.0 Å². The third-order valence-electron chi connectivity index (χ3n) is 5.56. The van der Waals surface area contributed by atoms with Gasteiger partial charge in [0.25, 0.3) is 0 Å². The summed E-state index contributed by atoms with van der Waals surface area (Å²) in [5.41, 5.74) is 9.89. The number of alkyl halides is 2. The molecular formula is C29H21Br2N3. The minimum atomic E-state index is 0.698. The summed E-state index contributed by atoms with van der Waals surface area (Å²) < 4.78 is 0. The molecule has 0 amide bonds. The van der Waals surface area contributed by atoms with Crippen molar-refractivity contribution in [3.63, 3.8) is 0 Å². The van der Waals surface area contributed by atoms with Gasteiger partial charge in [-0.1, -0.05) is 98.6 Å². The molecule has 0 aliphatic carbocycles. The molecule has 3 heterocycles. The molecule has 34 heavy (non-hydrogen) atoms.